The predicted molar refractivity (Wildman–Crippen MR) is 127 cm³/mol. The Bertz CT molecular complexity index is 1160. The van der Waals surface area contributed by atoms with Crippen LogP contribution in [0.15, 0.2) is 72.8 Å². The fourth-order valence-electron chi connectivity index (χ4n) is 3.97. The molecular formula is C26H28N4O. The van der Waals surface area contributed by atoms with E-state index in [1.165, 1.54) is 5.56 Å². The van der Waals surface area contributed by atoms with Crippen molar-refractivity contribution in [1.82, 2.24) is 14.9 Å². The summed E-state index contributed by atoms with van der Waals surface area (Å²) in [6, 6.07) is 24.5. The molecule has 4 rings (SSSR count). The number of rotatable bonds is 7. The van der Waals surface area contributed by atoms with Crippen LogP contribution in [-0.4, -0.2) is 22.1 Å². The van der Waals surface area contributed by atoms with Gasteiger partial charge in [0.15, 0.2) is 0 Å². The summed E-state index contributed by atoms with van der Waals surface area (Å²) in [4.78, 5) is 17.2. The van der Waals surface area contributed by atoms with Crippen molar-refractivity contribution in [3.05, 3.63) is 95.3 Å². The van der Waals surface area contributed by atoms with E-state index >= 15 is 0 Å². The van der Waals surface area contributed by atoms with Crippen LogP contribution < -0.4 is 10.6 Å². The predicted octanol–water partition coefficient (Wildman–Crippen LogP) is 5.26. The normalized spacial score (nSPS) is 10.9. The number of anilines is 1. The summed E-state index contributed by atoms with van der Waals surface area (Å²) < 4.78 is 2.22. The largest absolute Gasteiger partial charge is 0.336 e. The quantitative estimate of drug-likeness (QED) is 0.435. The van der Waals surface area contributed by atoms with E-state index in [4.69, 9.17) is 4.98 Å². The maximum absolute atomic E-state index is 12.4. The maximum atomic E-state index is 12.4. The molecule has 5 nitrogen and oxygen atoms in total. The van der Waals surface area contributed by atoms with Crippen molar-refractivity contribution in [2.45, 2.75) is 33.2 Å². The first-order valence-electron chi connectivity index (χ1n) is 10.7. The van der Waals surface area contributed by atoms with E-state index in [9.17, 15) is 4.79 Å². The molecule has 2 amide bonds. The molecule has 0 aliphatic rings. The monoisotopic (exact) mass is 412 g/mol. The van der Waals surface area contributed by atoms with Crippen LogP contribution in [0.2, 0.25) is 0 Å². The Morgan fingerprint density at radius 2 is 1.61 bits per heavy atom. The van der Waals surface area contributed by atoms with Gasteiger partial charge in [-0.15, -0.1) is 0 Å². The highest BCUT2D eigenvalue weighted by Gasteiger charge is 2.11. The fourth-order valence-corrected chi connectivity index (χ4v) is 3.97. The van der Waals surface area contributed by atoms with Gasteiger partial charge in [-0.25, -0.2) is 9.78 Å². The van der Waals surface area contributed by atoms with Gasteiger partial charge in [-0.3, -0.25) is 0 Å². The number of aromatic nitrogens is 2. The molecule has 3 aromatic carbocycles. The number of amides is 2. The van der Waals surface area contributed by atoms with Gasteiger partial charge < -0.3 is 15.2 Å². The topological polar surface area (TPSA) is 59.0 Å². The molecule has 0 aliphatic carbocycles. The smallest absolute Gasteiger partial charge is 0.319 e. The van der Waals surface area contributed by atoms with Crippen molar-refractivity contribution in [1.29, 1.82) is 0 Å². The van der Waals surface area contributed by atoms with E-state index in [0.29, 0.717) is 13.1 Å². The molecule has 0 saturated carbocycles. The first-order chi connectivity index (χ1) is 15.1. The fraction of sp³-hybridized carbons (Fsp3) is 0.231. The van der Waals surface area contributed by atoms with Gasteiger partial charge in [0.25, 0.3) is 0 Å². The molecular weight excluding hydrogens is 384 g/mol. The highest BCUT2D eigenvalue weighted by molar-refractivity contribution is 5.89. The molecule has 0 fully saturated rings. The minimum Gasteiger partial charge on any atom is -0.336 e. The zero-order chi connectivity index (χ0) is 21.6. The van der Waals surface area contributed by atoms with Crippen LogP contribution in [0, 0.1) is 13.8 Å². The molecule has 1 heterocycles. The van der Waals surface area contributed by atoms with Gasteiger partial charge in [0.2, 0.25) is 0 Å². The number of hydrogen-bond donors (Lipinski definition) is 2. The number of carbonyl (C=O) groups is 1. The summed E-state index contributed by atoms with van der Waals surface area (Å²) in [5.41, 5.74) is 6.46. The van der Waals surface area contributed by atoms with Crippen LogP contribution in [0.25, 0.3) is 11.0 Å². The zero-order valence-electron chi connectivity index (χ0n) is 18.1. The van der Waals surface area contributed by atoms with Crippen molar-refractivity contribution < 1.29 is 4.79 Å². The second-order valence-corrected chi connectivity index (χ2v) is 7.91. The number of nitrogens with one attached hydrogen (secondary N) is 2. The number of hydrogen-bond acceptors (Lipinski definition) is 2. The Balaban J connectivity index is 1.41. The molecule has 158 valence electrons. The minimum atomic E-state index is -0.194. The van der Waals surface area contributed by atoms with Gasteiger partial charge in [0, 0.05) is 25.2 Å². The number of aryl methyl sites for hydroxylation is 4. The Morgan fingerprint density at radius 3 is 2.39 bits per heavy atom. The average Bonchev–Trinajstić information content (AvgIpc) is 3.10. The Hall–Kier alpha value is -3.60. The number of para-hydroxylation sites is 2. The van der Waals surface area contributed by atoms with E-state index < -0.39 is 0 Å². The summed E-state index contributed by atoms with van der Waals surface area (Å²) in [5.74, 6) is 1.04. The van der Waals surface area contributed by atoms with Gasteiger partial charge in [0.1, 0.15) is 5.82 Å². The highest BCUT2D eigenvalue weighted by atomic mass is 16.2. The lowest BCUT2D eigenvalue weighted by Gasteiger charge is -2.12. The minimum absolute atomic E-state index is 0.194. The second kappa shape index (κ2) is 9.47. The van der Waals surface area contributed by atoms with E-state index in [-0.39, 0.29) is 6.03 Å². The molecule has 4 aromatic rings. The molecule has 0 aliphatic heterocycles. The van der Waals surface area contributed by atoms with Crippen molar-refractivity contribution >= 4 is 22.8 Å². The molecule has 0 bridgehead atoms. The molecule has 5 heteroatoms. The van der Waals surface area contributed by atoms with Gasteiger partial charge in [0.05, 0.1) is 11.0 Å². The lowest BCUT2D eigenvalue weighted by molar-refractivity contribution is 0.251. The third-order valence-corrected chi connectivity index (χ3v) is 5.31. The molecule has 0 atom stereocenters. The van der Waals surface area contributed by atoms with Crippen LogP contribution in [0.3, 0.4) is 0 Å². The number of carbonyl (C=O) groups excluding carboxylic acids is 1. The number of nitrogens with zero attached hydrogens (tertiary/aromatic N) is 2. The second-order valence-electron chi connectivity index (χ2n) is 7.91. The van der Waals surface area contributed by atoms with Gasteiger partial charge >= 0.3 is 6.03 Å². The first-order valence-corrected chi connectivity index (χ1v) is 10.7. The Labute approximate surface area is 183 Å². The van der Waals surface area contributed by atoms with Gasteiger partial charge in [-0.2, -0.15) is 0 Å². The first kappa shape index (κ1) is 20.7. The Kier molecular flexibility index (Phi) is 6.32. The SMILES string of the molecule is Cc1cc(C)cc(NC(=O)NCCn2c(CCc3ccccc3)nc3ccccc32)c1. The van der Waals surface area contributed by atoms with Crippen LogP contribution in [0.4, 0.5) is 10.5 Å². The molecule has 2 N–H and O–H groups in total. The van der Waals surface area contributed by atoms with Crippen molar-refractivity contribution in [2.75, 3.05) is 11.9 Å². The molecule has 0 saturated heterocycles. The van der Waals surface area contributed by atoms with E-state index in [0.717, 1.165) is 46.5 Å². The van der Waals surface area contributed by atoms with Crippen molar-refractivity contribution in [3.63, 3.8) is 0 Å². The Morgan fingerprint density at radius 1 is 0.903 bits per heavy atom. The van der Waals surface area contributed by atoms with Crippen molar-refractivity contribution in [2.24, 2.45) is 0 Å². The van der Waals surface area contributed by atoms with Gasteiger partial charge in [-0.1, -0.05) is 48.5 Å². The van der Waals surface area contributed by atoms with Crippen LogP contribution in [0.5, 0.6) is 0 Å². The van der Waals surface area contributed by atoms with E-state index in [1.807, 2.05) is 50.2 Å². The molecule has 0 spiro atoms. The van der Waals surface area contributed by atoms with Crippen LogP contribution in [-0.2, 0) is 19.4 Å². The molecule has 1 aromatic heterocycles. The molecule has 0 unspecified atom stereocenters. The summed E-state index contributed by atoms with van der Waals surface area (Å²) in [6.45, 7) is 5.24. The van der Waals surface area contributed by atoms with Gasteiger partial charge in [-0.05, 0) is 61.2 Å². The number of benzene rings is 3. The summed E-state index contributed by atoms with van der Waals surface area (Å²) in [7, 11) is 0. The van der Waals surface area contributed by atoms with E-state index in [2.05, 4.69) is 51.6 Å². The zero-order valence-corrected chi connectivity index (χ0v) is 18.1. The highest BCUT2D eigenvalue weighted by Crippen LogP contribution is 2.18. The average molecular weight is 413 g/mol. The van der Waals surface area contributed by atoms with E-state index in [1.54, 1.807) is 0 Å². The molecule has 31 heavy (non-hydrogen) atoms. The summed E-state index contributed by atoms with van der Waals surface area (Å²) in [5, 5.41) is 5.90. The number of urea groups is 1. The lowest BCUT2D eigenvalue weighted by atomic mass is 10.1. The van der Waals surface area contributed by atoms with Crippen LogP contribution >= 0.6 is 0 Å². The summed E-state index contributed by atoms with van der Waals surface area (Å²) in [6.07, 6.45) is 1.79. The number of fused-ring (bicyclic) bond motifs is 1. The standard InChI is InChI=1S/C26H28N4O/c1-19-16-20(2)18-22(17-19)28-26(31)27-14-15-30-24-11-7-6-10-23(24)29-25(30)13-12-21-8-4-3-5-9-21/h3-11,16-18H,12-15H2,1-2H3,(H2,27,28,31). The van der Waals surface area contributed by atoms with Crippen LogP contribution in [0.1, 0.15) is 22.5 Å². The maximum Gasteiger partial charge on any atom is 0.319 e. The van der Waals surface area contributed by atoms with Crippen molar-refractivity contribution in [3.8, 4) is 0 Å². The number of imidazole rings is 1. The lowest BCUT2D eigenvalue weighted by Crippen LogP contribution is -2.31. The summed E-state index contributed by atoms with van der Waals surface area (Å²) >= 11 is 0. The third-order valence-electron chi connectivity index (χ3n) is 5.31. The molecule has 0 radical (unpaired) electrons. The third kappa shape index (κ3) is 5.31.